The zero-order valence-electron chi connectivity index (χ0n) is 19.7. The minimum absolute atomic E-state index is 0.394. The normalized spacial score (nSPS) is 23.9. The molecule has 2 aromatic carbocycles. The lowest BCUT2D eigenvalue weighted by Gasteiger charge is -2.18. The molecule has 0 amide bonds. The zero-order chi connectivity index (χ0) is 23.5. The van der Waals surface area contributed by atoms with Gasteiger partial charge in [0.05, 0.1) is 62.0 Å². The molecular weight excluding hydrogens is 505 g/mol. The van der Waals surface area contributed by atoms with Crippen LogP contribution in [0.3, 0.4) is 0 Å². The number of ether oxygens (including phenoxy) is 4. The van der Waals surface area contributed by atoms with Gasteiger partial charge in [-0.3, -0.25) is 0 Å². The van der Waals surface area contributed by atoms with E-state index >= 15 is 0 Å². The predicted octanol–water partition coefficient (Wildman–Crippen LogP) is 6.40. The summed E-state index contributed by atoms with van der Waals surface area (Å²) in [4.78, 5) is 0. The van der Waals surface area contributed by atoms with Gasteiger partial charge in [0.25, 0.3) is 0 Å². The highest BCUT2D eigenvalue weighted by Gasteiger charge is 2.13. The molecule has 1 heterocycles. The highest BCUT2D eigenvalue weighted by atomic mass is 32.2. The van der Waals surface area contributed by atoms with Crippen LogP contribution in [0.1, 0.15) is 20.3 Å². The van der Waals surface area contributed by atoms with Gasteiger partial charge in [0, 0.05) is 23.0 Å². The third-order valence-corrected chi connectivity index (χ3v) is 10.4. The number of rotatable bonds is 2. The van der Waals surface area contributed by atoms with Gasteiger partial charge >= 0.3 is 0 Å². The van der Waals surface area contributed by atoms with E-state index in [2.05, 4.69) is 60.7 Å². The maximum absolute atomic E-state index is 5.82. The molecule has 34 heavy (non-hydrogen) atoms. The Morgan fingerprint density at radius 3 is 1.00 bits per heavy atom. The number of hydrogen-bond acceptors (Lipinski definition) is 8. The second kappa shape index (κ2) is 18.9. The topological polar surface area (TPSA) is 36.9 Å². The molecule has 1 aliphatic heterocycles. The first-order valence-electron chi connectivity index (χ1n) is 11.8. The van der Waals surface area contributed by atoms with Crippen LogP contribution in [-0.4, -0.2) is 75.9 Å². The van der Waals surface area contributed by atoms with Gasteiger partial charge in [-0.2, -0.15) is 0 Å². The standard InChI is InChI=1S/C26H36O4S4/c1-3-7-23(8-4-1)25-31-19-15-27-11-13-29-17-21-33-26(24-9-5-2-6-10-24)34-22-18-30-14-12-28-16-20-32-25/h1-10,25-26H,11-22H2. The van der Waals surface area contributed by atoms with E-state index < -0.39 is 0 Å². The molecule has 3 rings (SSSR count). The van der Waals surface area contributed by atoms with Crippen molar-refractivity contribution in [2.24, 2.45) is 0 Å². The fraction of sp³-hybridized carbons (Fsp3) is 0.538. The molecule has 0 spiro atoms. The van der Waals surface area contributed by atoms with E-state index in [1.54, 1.807) is 0 Å². The average molecular weight is 541 g/mol. The molecule has 0 radical (unpaired) electrons. The molecule has 0 saturated carbocycles. The number of benzene rings is 2. The van der Waals surface area contributed by atoms with E-state index in [1.165, 1.54) is 11.1 Å². The average Bonchev–Trinajstić information content (AvgIpc) is 2.88. The Morgan fingerprint density at radius 2 is 0.706 bits per heavy atom. The van der Waals surface area contributed by atoms with Crippen LogP contribution in [0.2, 0.25) is 0 Å². The first kappa shape index (κ1) is 28.3. The van der Waals surface area contributed by atoms with Crippen LogP contribution >= 0.6 is 47.0 Å². The third-order valence-electron chi connectivity index (χ3n) is 4.88. The van der Waals surface area contributed by atoms with E-state index in [-0.39, 0.29) is 0 Å². The molecule has 0 aliphatic carbocycles. The van der Waals surface area contributed by atoms with Crippen molar-refractivity contribution < 1.29 is 18.9 Å². The maximum Gasteiger partial charge on any atom is 0.0753 e. The molecule has 4 nitrogen and oxygen atoms in total. The summed E-state index contributed by atoms with van der Waals surface area (Å²) in [6, 6.07) is 21.4. The monoisotopic (exact) mass is 540 g/mol. The highest BCUT2D eigenvalue weighted by Crippen LogP contribution is 2.40. The third kappa shape index (κ3) is 12.1. The maximum atomic E-state index is 5.82. The van der Waals surface area contributed by atoms with Crippen molar-refractivity contribution in [2.45, 2.75) is 9.16 Å². The minimum atomic E-state index is 0.394. The van der Waals surface area contributed by atoms with E-state index in [1.807, 2.05) is 47.0 Å². The Kier molecular flexibility index (Phi) is 15.7. The van der Waals surface area contributed by atoms with Gasteiger partial charge < -0.3 is 18.9 Å². The summed E-state index contributed by atoms with van der Waals surface area (Å²) in [5, 5.41) is 0. The lowest BCUT2D eigenvalue weighted by molar-refractivity contribution is 0.0603. The summed E-state index contributed by atoms with van der Waals surface area (Å²) in [6.45, 7) is 5.57. The molecule has 0 atom stereocenters. The zero-order valence-corrected chi connectivity index (χ0v) is 22.9. The summed E-state index contributed by atoms with van der Waals surface area (Å²) in [6.07, 6.45) is 0. The molecule has 0 unspecified atom stereocenters. The Balaban J connectivity index is 1.44. The van der Waals surface area contributed by atoms with Crippen LogP contribution in [0.15, 0.2) is 60.7 Å². The van der Waals surface area contributed by atoms with Crippen molar-refractivity contribution in [3.8, 4) is 0 Å². The first-order valence-corrected chi connectivity index (χ1v) is 16.0. The van der Waals surface area contributed by atoms with Crippen LogP contribution in [-0.2, 0) is 18.9 Å². The van der Waals surface area contributed by atoms with Crippen molar-refractivity contribution >= 4 is 47.0 Å². The molecular formula is C26H36O4S4. The summed E-state index contributed by atoms with van der Waals surface area (Å²) in [5.74, 6) is 3.86. The lowest BCUT2D eigenvalue weighted by Crippen LogP contribution is -2.10. The predicted molar refractivity (Wildman–Crippen MR) is 151 cm³/mol. The van der Waals surface area contributed by atoms with Gasteiger partial charge in [-0.15, -0.1) is 47.0 Å². The van der Waals surface area contributed by atoms with E-state index in [9.17, 15) is 0 Å². The van der Waals surface area contributed by atoms with Gasteiger partial charge in [-0.05, 0) is 11.1 Å². The van der Waals surface area contributed by atoms with E-state index in [0.29, 0.717) is 35.6 Å². The number of hydrogen-bond donors (Lipinski definition) is 0. The molecule has 1 aliphatic rings. The van der Waals surface area contributed by atoms with Crippen LogP contribution in [0.25, 0.3) is 0 Å². The van der Waals surface area contributed by atoms with E-state index in [4.69, 9.17) is 18.9 Å². The summed E-state index contributed by atoms with van der Waals surface area (Å²) in [7, 11) is 0. The SMILES string of the molecule is c1ccc(C2SCCOCCOCCSC(c3ccccc3)SCCOCCOCCS2)cc1. The highest BCUT2D eigenvalue weighted by molar-refractivity contribution is 8.16. The summed E-state index contributed by atoms with van der Waals surface area (Å²) in [5.41, 5.74) is 2.70. The molecule has 2 aromatic rings. The van der Waals surface area contributed by atoms with Gasteiger partial charge in [0.1, 0.15) is 0 Å². The van der Waals surface area contributed by atoms with Crippen molar-refractivity contribution in [1.29, 1.82) is 0 Å². The molecule has 0 N–H and O–H groups in total. The van der Waals surface area contributed by atoms with Crippen molar-refractivity contribution in [3.05, 3.63) is 71.8 Å². The summed E-state index contributed by atoms with van der Waals surface area (Å²) < 4.78 is 24.1. The Labute approximate surface area is 222 Å². The van der Waals surface area contributed by atoms with Gasteiger partial charge in [-0.1, -0.05) is 60.7 Å². The second-order valence-electron chi connectivity index (χ2n) is 7.42. The van der Waals surface area contributed by atoms with Crippen LogP contribution in [0.5, 0.6) is 0 Å². The van der Waals surface area contributed by atoms with Gasteiger partial charge in [0.2, 0.25) is 0 Å². The second-order valence-corrected chi connectivity index (χ2v) is 12.9. The fourth-order valence-electron chi connectivity index (χ4n) is 3.20. The first-order chi connectivity index (χ1) is 16.9. The Morgan fingerprint density at radius 1 is 0.412 bits per heavy atom. The quantitative estimate of drug-likeness (QED) is 0.433. The van der Waals surface area contributed by atoms with Crippen LogP contribution in [0, 0.1) is 0 Å². The molecule has 8 heteroatoms. The molecule has 0 aromatic heterocycles. The van der Waals surface area contributed by atoms with Crippen molar-refractivity contribution in [1.82, 2.24) is 0 Å². The Bertz CT molecular complexity index is 651. The van der Waals surface area contributed by atoms with Crippen molar-refractivity contribution in [3.63, 3.8) is 0 Å². The minimum Gasteiger partial charge on any atom is -0.378 e. The van der Waals surface area contributed by atoms with Crippen molar-refractivity contribution in [2.75, 3.05) is 75.9 Å². The molecule has 188 valence electrons. The molecule has 1 saturated heterocycles. The number of thioether (sulfide) groups is 4. The largest absolute Gasteiger partial charge is 0.378 e. The van der Waals surface area contributed by atoms with Crippen LogP contribution in [0.4, 0.5) is 0 Å². The molecule has 0 bridgehead atoms. The van der Waals surface area contributed by atoms with Gasteiger partial charge in [-0.25, -0.2) is 0 Å². The van der Waals surface area contributed by atoms with Gasteiger partial charge in [0.15, 0.2) is 0 Å². The summed E-state index contributed by atoms with van der Waals surface area (Å²) >= 11 is 7.75. The Hall–Kier alpha value is -0.320. The lowest BCUT2D eigenvalue weighted by atomic mass is 10.2. The van der Waals surface area contributed by atoms with E-state index in [0.717, 1.165) is 49.4 Å². The van der Waals surface area contributed by atoms with Crippen LogP contribution < -0.4 is 0 Å². The molecule has 1 fully saturated rings. The fourth-order valence-corrected chi connectivity index (χ4v) is 8.24. The smallest absolute Gasteiger partial charge is 0.0753 e.